The molecule has 16 heavy (non-hydrogen) atoms. The van der Waals surface area contributed by atoms with Gasteiger partial charge in [0.25, 0.3) is 0 Å². The molecule has 0 aromatic rings. The van der Waals surface area contributed by atoms with E-state index in [1.807, 2.05) is 4.90 Å². The van der Waals surface area contributed by atoms with Gasteiger partial charge in [-0.15, -0.1) is 0 Å². The van der Waals surface area contributed by atoms with E-state index < -0.39 is 5.97 Å². The molecule has 0 bridgehead atoms. The second kappa shape index (κ2) is 6.86. The fraction of sp³-hybridized carbons (Fsp3) is 0.917. The normalized spacial score (nSPS) is 17.5. The largest absolute Gasteiger partial charge is 0.480 e. The van der Waals surface area contributed by atoms with Gasteiger partial charge in [-0.1, -0.05) is 0 Å². The lowest BCUT2D eigenvalue weighted by molar-refractivity contribution is -0.138. The van der Waals surface area contributed by atoms with Gasteiger partial charge in [0.15, 0.2) is 0 Å². The van der Waals surface area contributed by atoms with Crippen LogP contribution in [-0.4, -0.2) is 59.6 Å². The summed E-state index contributed by atoms with van der Waals surface area (Å²) >= 11 is 0. The predicted molar refractivity (Wildman–Crippen MR) is 64.6 cm³/mol. The van der Waals surface area contributed by atoms with E-state index >= 15 is 0 Å². The van der Waals surface area contributed by atoms with Crippen molar-refractivity contribution in [3.8, 4) is 0 Å². The molecule has 1 aliphatic rings. The molecule has 0 aromatic heterocycles. The van der Waals surface area contributed by atoms with Crippen molar-refractivity contribution in [1.29, 1.82) is 0 Å². The zero-order valence-corrected chi connectivity index (χ0v) is 10.5. The molecule has 0 aliphatic carbocycles. The van der Waals surface area contributed by atoms with Crippen LogP contribution in [0.25, 0.3) is 0 Å². The van der Waals surface area contributed by atoms with Gasteiger partial charge in [0.2, 0.25) is 0 Å². The molecule has 0 spiro atoms. The number of hydrogen-bond acceptors (Lipinski definition) is 3. The van der Waals surface area contributed by atoms with Crippen molar-refractivity contribution in [3.05, 3.63) is 0 Å². The molecule has 4 heteroatoms. The van der Waals surface area contributed by atoms with E-state index in [0.717, 1.165) is 19.5 Å². The molecule has 0 aromatic carbocycles. The first-order chi connectivity index (χ1) is 7.59. The van der Waals surface area contributed by atoms with Crippen molar-refractivity contribution >= 4 is 5.97 Å². The molecule has 1 heterocycles. The van der Waals surface area contributed by atoms with Gasteiger partial charge in [-0.25, -0.2) is 0 Å². The maximum Gasteiger partial charge on any atom is 0.317 e. The number of rotatable bonds is 7. The number of carboxylic acid groups (broad SMARTS) is 1. The van der Waals surface area contributed by atoms with Crippen LogP contribution in [0.5, 0.6) is 0 Å². The zero-order chi connectivity index (χ0) is 12.0. The average molecular weight is 228 g/mol. The van der Waals surface area contributed by atoms with Crippen LogP contribution < -0.4 is 0 Å². The van der Waals surface area contributed by atoms with Crippen molar-refractivity contribution in [2.24, 2.45) is 0 Å². The molecular formula is C12H24N2O2. The summed E-state index contributed by atoms with van der Waals surface area (Å²) in [6.07, 6.45) is 3.72. The molecule has 0 amide bonds. The molecule has 94 valence electrons. The van der Waals surface area contributed by atoms with Crippen LogP contribution >= 0.6 is 0 Å². The highest BCUT2D eigenvalue weighted by molar-refractivity contribution is 5.69. The number of aliphatic carboxylic acids is 1. The first-order valence-corrected chi connectivity index (χ1v) is 6.28. The smallest absolute Gasteiger partial charge is 0.317 e. The van der Waals surface area contributed by atoms with E-state index in [2.05, 4.69) is 18.7 Å². The van der Waals surface area contributed by atoms with E-state index in [9.17, 15) is 4.79 Å². The Labute approximate surface area is 98.2 Å². The summed E-state index contributed by atoms with van der Waals surface area (Å²) in [6.45, 7) is 8.72. The molecule has 1 fully saturated rings. The number of carboxylic acids is 1. The summed E-state index contributed by atoms with van der Waals surface area (Å²) in [4.78, 5) is 15.2. The topological polar surface area (TPSA) is 43.8 Å². The molecule has 1 saturated heterocycles. The fourth-order valence-corrected chi connectivity index (χ4v) is 2.20. The molecule has 1 N–H and O–H groups in total. The summed E-state index contributed by atoms with van der Waals surface area (Å²) < 4.78 is 0. The zero-order valence-electron chi connectivity index (χ0n) is 10.5. The molecule has 0 atom stereocenters. The van der Waals surface area contributed by atoms with Gasteiger partial charge in [0.05, 0.1) is 6.54 Å². The van der Waals surface area contributed by atoms with Crippen molar-refractivity contribution < 1.29 is 9.90 Å². The molecule has 1 rings (SSSR count). The van der Waals surface area contributed by atoms with Gasteiger partial charge >= 0.3 is 5.97 Å². The van der Waals surface area contributed by atoms with Gasteiger partial charge in [0, 0.05) is 12.6 Å². The van der Waals surface area contributed by atoms with Crippen molar-refractivity contribution in [2.75, 3.05) is 32.7 Å². The number of likely N-dealkylation sites (tertiary alicyclic amines) is 1. The van der Waals surface area contributed by atoms with E-state index in [1.54, 1.807) is 0 Å². The fourth-order valence-electron chi connectivity index (χ4n) is 2.20. The van der Waals surface area contributed by atoms with E-state index in [4.69, 9.17) is 5.11 Å². The lowest BCUT2D eigenvalue weighted by atomic mass is 10.2. The lowest BCUT2D eigenvalue weighted by Gasteiger charge is -2.25. The summed E-state index contributed by atoms with van der Waals surface area (Å²) in [6, 6.07) is 0.315. The van der Waals surface area contributed by atoms with E-state index in [0.29, 0.717) is 6.04 Å². The Morgan fingerprint density at radius 1 is 1.38 bits per heavy atom. The highest BCUT2D eigenvalue weighted by Gasteiger charge is 2.15. The third-order valence-corrected chi connectivity index (χ3v) is 3.19. The summed E-state index contributed by atoms with van der Waals surface area (Å²) in [5, 5.41) is 8.79. The van der Waals surface area contributed by atoms with Crippen LogP contribution in [0, 0.1) is 0 Å². The first kappa shape index (κ1) is 13.5. The highest BCUT2D eigenvalue weighted by Crippen LogP contribution is 2.08. The summed E-state index contributed by atoms with van der Waals surface area (Å²) in [5.41, 5.74) is 0. The third kappa shape index (κ3) is 4.94. The Bertz CT molecular complexity index is 213. The Hall–Kier alpha value is -0.610. The van der Waals surface area contributed by atoms with Crippen LogP contribution in [-0.2, 0) is 4.79 Å². The van der Waals surface area contributed by atoms with Crippen molar-refractivity contribution in [3.63, 3.8) is 0 Å². The van der Waals surface area contributed by atoms with Crippen LogP contribution in [0.15, 0.2) is 0 Å². The van der Waals surface area contributed by atoms with Crippen LogP contribution in [0.1, 0.15) is 33.1 Å². The van der Waals surface area contributed by atoms with Gasteiger partial charge in [-0.2, -0.15) is 0 Å². The van der Waals surface area contributed by atoms with E-state index in [-0.39, 0.29) is 6.54 Å². The Balaban J connectivity index is 2.18. The van der Waals surface area contributed by atoms with Gasteiger partial charge in [0.1, 0.15) is 0 Å². The van der Waals surface area contributed by atoms with Crippen molar-refractivity contribution in [1.82, 2.24) is 9.80 Å². The Morgan fingerprint density at radius 3 is 2.50 bits per heavy atom. The Morgan fingerprint density at radius 2 is 2.00 bits per heavy atom. The molecule has 0 saturated carbocycles. The molecular weight excluding hydrogens is 204 g/mol. The Kier molecular flexibility index (Phi) is 5.77. The summed E-state index contributed by atoms with van der Waals surface area (Å²) in [7, 11) is 0. The predicted octanol–water partition coefficient (Wildman–Crippen LogP) is 1.27. The summed E-state index contributed by atoms with van der Waals surface area (Å²) in [5.74, 6) is -0.727. The van der Waals surface area contributed by atoms with Crippen LogP contribution in [0.3, 0.4) is 0 Å². The highest BCUT2D eigenvalue weighted by atomic mass is 16.4. The minimum atomic E-state index is -0.727. The second-order valence-corrected chi connectivity index (χ2v) is 4.86. The quantitative estimate of drug-likeness (QED) is 0.712. The average Bonchev–Trinajstić information content (AvgIpc) is 2.68. The van der Waals surface area contributed by atoms with Crippen molar-refractivity contribution in [2.45, 2.75) is 39.2 Å². The first-order valence-electron chi connectivity index (χ1n) is 6.28. The van der Waals surface area contributed by atoms with Crippen LogP contribution in [0.2, 0.25) is 0 Å². The molecule has 4 nitrogen and oxygen atoms in total. The monoisotopic (exact) mass is 228 g/mol. The van der Waals surface area contributed by atoms with E-state index in [1.165, 1.54) is 25.9 Å². The second-order valence-electron chi connectivity index (χ2n) is 4.86. The van der Waals surface area contributed by atoms with Gasteiger partial charge in [-0.05, 0) is 52.7 Å². The van der Waals surface area contributed by atoms with Gasteiger partial charge in [-0.3, -0.25) is 9.69 Å². The maximum atomic E-state index is 10.7. The minimum Gasteiger partial charge on any atom is -0.480 e. The maximum absolute atomic E-state index is 10.7. The third-order valence-electron chi connectivity index (χ3n) is 3.19. The molecule has 0 unspecified atom stereocenters. The minimum absolute atomic E-state index is 0.164. The standard InChI is InChI=1S/C12H24N2O2/c1-11(2)14(10-12(15)16)9-5-8-13-6-3-4-7-13/h11H,3-10H2,1-2H3,(H,15,16). The molecule has 1 aliphatic heterocycles. The van der Waals surface area contributed by atoms with Gasteiger partial charge < -0.3 is 10.0 Å². The number of carbonyl (C=O) groups is 1. The SMILES string of the molecule is CC(C)N(CCCN1CCCC1)CC(=O)O. The number of hydrogen-bond donors (Lipinski definition) is 1. The van der Waals surface area contributed by atoms with Crippen LogP contribution in [0.4, 0.5) is 0 Å². The molecule has 0 radical (unpaired) electrons. The lowest BCUT2D eigenvalue weighted by Crippen LogP contribution is -2.37. The number of nitrogens with zero attached hydrogens (tertiary/aromatic N) is 2.